The molecule has 0 fully saturated rings. The summed E-state index contributed by atoms with van der Waals surface area (Å²) in [6.45, 7) is 11.6. The van der Waals surface area contributed by atoms with Gasteiger partial charge < -0.3 is 14.6 Å². The molecule has 1 atom stereocenters. The Kier molecular flexibility index (Phi) is 7.49. The molecule has 1 N–H and O–H groups in total. The van der Waals surface area contributed by atoms with Gasteiger partial charge in [-0.1, -0.05) is 48.0 Å². The zero-order valence-electron chi connectivity index (χ0n) is 25.9. The Morgan fingerprint density at radius 3 is 2.45 bits per heavy atom. The molecule has 0 radical (unpaired) electrons. The van der Waals surface area contributed by atoms with E-state index in [0.29, 0.717) is 46.9 Å². The van der Waals surface area contributed by atoms with Crippen molar-refractivity contribution in [2.45, 2.75) is 66.1 Å². The third-order valence-corrected chi connectivity index (χ3v) is 8.02. The van der Waals surface area contributed by atoms with Crippen molar-refractivity contribution < 1.29 is 23.8 Å². The number of nitrogens with zero attached hydrogens (tertiary/aromatic N) is 3. The molecule has 6 rings (SSSR count). The van der Waals surface area contributed by atoms with Gasteiger partial charge in [-0.3, -0.25) is 0 Å². The van der Waals surface area contributed by atoms with Crippen LogP contribution >= 0.6 is 0 Å². The first kappa shape index (κ1) is 29.5. The van der Waals surface area contributed by atoms with Gasteiger partial charge in [-0.15, -0.1) is 0 Å². The van der Waals surface area contributed by atoms with Gasteiger partial charge in [-0.2, -0.15) is 5.10 Å². The second-order valence-electron chi connectivity index (χ2n) is 12.4. The van der Waals surface area contributed by atoms with Crippen LogP contribution in [0, 0.1) is 26.6 Å². The highest BCUT2D eigenvalue weighted by Crippen LogP contribution is 2.42. The van der Waals surface area contributed by atoms with Crippen molar-refractivity contribution in [2.24, 2.45) is 0 Å². The predicted molar refractivity (Wildman–Crippen MR) is 168 cm³/mol. The molecule has 5 aromatic rings. The summed E-state index contributed by atoms with van der Waals surface area (Å²) in [5.41, 5.74) is 7.96. The third-order valence-electron chi connectivity index (χ3n) is 8.02. The second kappa shape index (κ2) is 11.2. The molecule has 0 aliphatic carbocycles. The summed E-state index contributed by atoms with van der Waals surface area (Å²) in [6, 6.07) is 19.7. The molecule has 7 nitrogen and oxygen atoms in total. The lowest BCUT2D eigenvalue weighted by Gasteiger charge is -2.28. The fourth-order valence-electron chi connectivity index (χ4n) is 5.94. The fraction of sp³-hybridized carbons (Fsp3) is 0.306. The average Bonchev–Trinajstić information content (AvgIpc) is 3.41. The summed E-state index contributed by atoms with van der Waals surface area (Å²) in [5.74, 6) is -1.39. The van der Waals surface area contributed by atoms with E-state index >= 15 is 4.39 Å². The summed E-state index contributed by atoms with van der Waals surface area (Å²) < 4.78 is 29.1. The lowest BCUT2D eigenvalue weighted by Crippen LogP contribution is -2.29. The van der Waals surface area contributed by atoms with Gasteiger partial charge in [0.15, 0.2) is 23.3 Å². The summed E-state index contributed by atoms with van der Waals surface area (Å²) >= 11 is 0. The molecule has 3 aromatic carbocycles. The Balaban J connectivity index is 1.62. The van der Waals surface area contributed by atoms with Gasteiger partial charge in [-0.05, 0) is 83.2 Å². The van der Waals surface area contributed by atoms with Gasteiger partial charge in [0, 0.05) is 34.0 Å². The van der Waals surface area contributed by atoms with Crippen LogP contribution in [-0.4, -0.2) is 37.9 Å². The van der Waals surface area contributed by atoms with E-state index in [0.717, 1.165) is 34.2 Å². The number of carbonyl (C=O) groups is 1. The highest BCUT2D eigenvalue weighted by Gasteiger charge is 2.34. The Labute approximate surface area is 256 Å². The van der Waals surface area contributed by atoms with Crippen molar-refractivity contribution in [3.05, 3.63) is 94.4 Å². The van der Waals surface area contributed by atoms with Crippen LogP contribution in [0.15, 0.2) is 60.7 Å². The highest BCUT2D eigenvalue weighted by molar-refractivity contribution is 5.83. The van der Waals surface area contributed by atoms with Crippen molar-refractivity contribution in [2.75, 3.05) is 6.61 Å². The van der Waals surface area contributed by atoms with Gasteiger partial charge >= 0.3 is 5.97 Å². The van der Waals surface area contributed by atoms with E-state index in [-0.39, 0.29) is 5.75 Å². The smallest absolute Gasteiger partial charge is 0.337 e. The van der Waals surface area contributed by atoms with E-state index in [9.17, 15) is 9.90 Å². The van der Waals surface area contributed by atoms with Crippen LogP contribution in [-0.2, 0) is 16.0 Å². The Bertz CT molecular complexity index is 1900. The van der Waals surface area contributed by atoms with Crippen LogP contribution in [0.3, 0.4) is 0 Å². The van der Waals surface area contributed by atoms with Gasteiger partial charge in [0.2, 0.25) is 0 Å². The number of aryl methyl sites for hydroxylation is 2. The van der Waals surface area contributed by atoms with Crippen molar-refractivity contribution in [1.82, 2.24) is 14.6 Å². The quantitative estimate of drug-likeness (QED) is 0.214. The molecule has 2 aromatic heterocycles. The monoisotopic (exact) mass is 593 g/mol. The van der Waals surface area contributed by atoms with Crippen LogP contribution in [0.2, 0.25) is 0 Å². The average molecular weight is 594 g/mol. The lowest BCUT2D eigenvalue weighted by atomic mass is 9.91. The number of hydrogen-bond donors (Lipinski definition) is 1. The molecular weight excluding hydrogens is 557 g/mol. The molecule has 1 aliphatic heterocycles. The van der Waals surface area contributed by atoms with Crippen LogP contribution in [0.1, 0.15) is 61.2 Å². The molecule has 0 spiro atoms. The van der Waals surface area contributed by atoms with Gasteiger partial charge in [0.1, 0.15) is 0 Å². The van der Waals surface area contributed by atoms with Gasteiger partial charge in [0.25, 0.3) is 0 Å². The van der Waals surface area contributed by atoms with Crippen LogP contribution in [0.5, 0.6) is 5.75 Å². The minimum atomic E-state index is -1.37. The van der Waals surface area contributed by atoms with Crippen molar-refractivity contribution >= 4 is 11.6 Å². The molecular formula is C36H36FN3O4. The predicted octanol–water partition coefficient (Wildman–Crippen LogP) is 8.06. The van der Waals surface area contributed by atoms with E-state index in [1.807, 2.05) is 25.1 Å². The Morgan fingerprint density at radius 1 is 1.02 bits per heavy atom. The van der Waals surface area contributed by atoms with Crippen LogP contribution in [0.4, 0.5) is 4.39 Å². The van der Waals surface area contributed by atoms with Crippen LogP contribution in [0.25, 0.3) is 39.3 Å². The Hall–Kier alpha value is -4.56. The maximum absolute atomic E-state index is 15.6. The fourth-order valence-corrected chi connectivity index (χ4v) is 5.94. The molecule has 1 aliphatic rings. The first-order valence-corrected chi connectivity index (χ1v) is 14.8. The molecule has 0 unspecified atom stereocenters. The molecule has 8 heteroatoms. The normalized spacial score (nSPS) is 13.9. The largest absolute Gasteiger partial charge is 0.490 e. The van der Waals surface area contributed by atoms with E-state index < -0.39 is 23.5 Å². The van der Waals surface area contributed by atoms with Crippen molar-refractivity contribution in [3.63, 3.8) is 0 Å². The molecule has 0 bridgehead atoms. The number of carboxylic acid groups (broad SMARTS) is 1. The molecule has 0 saturated heterocycles. The number of ether oxygens (including phenoxy) is 2. The zero-order chi connectivity index (χ0) is 31.3. The number of aliphatic carboxylic acids is 1. The third kappa shape index (κ3) is 5.46. The molecule has 0 amide bonds. The standard InChI is InChI=1S/C36H36FN3O4/c1-20-12-14-23(15-13-20)24-9-7-10-25(17-24)29-19-30-38-22(3)31(34(35(41)42)44-36(4,5)6)32(40(30)39-29)27-18-28(37)33-26(21(27)2)11-8-16-43-33/h7,9-10,12-15,17-19,34H,8,11,16H2,1-6H3,(H,41,42)/t34-/m0/s1. The highest BCUT2D eigenvalue weighted by atomic mass is 19.1. The van der Waals surface area contributed by atoms with Crippen molar-refractivity contribution in [1.29, 1.82) is 0 Å². The number of halogens is 1. The first-order valence-electron chi connectivity index (χ1n) is 14.8. The maximum Gasteiger partial charge on any atom is 0.337 e. The second-order valence-corrected chi connectivity index (χ2v) is 12.4. The minimum Gasteiger partial charge on any atom is -0.490 e. The lowest BCUT2D eigenvalue weighted by molar-refractivity contribution is -0.160. The van der Waals surface area contributed by atoms with E-state index in [1.165, 1.54) is 11.6 Å². The number of hydrogen-bond acceptors (Lipinski definition) is 5. The van der Waals surface area contributed by atoms with Crippen LogP contribution < -0.4 is 4.74 Å². The van der Waals surface area contributed by atoms with Gasteiger partial charge in [-0.25, -0.2) is 18.7 Å². The van der Waals surface area contributed by atoms with E-state index in [2.05, 4.69) is 43.3 Å². The number of aromatic nitrogens is 3. The van der Waals surface area contributed by atoms with Crippen molar-refractivity contribution in [3.8, 4) is 39.4 Å². The summed E-state index contributed by atoms with van der Waals surface area (Å²) in [5, 5.41) is 15.4. The Morgan fingerprint density at radius 2 is 1.75 bits per heavy atom. The molecule has 226 valence electrons. The minimum absolute atomic E-state index is 0.260. The maximum atomic E-state index is 15.6. The molecule has 44 heavy (non-hydrogen) atoms. The number of fused-ring (bicyclic) bond motifs is 2. The van der Waals surface area contributed by atoms with Gasteiger partial charge in [0.05, 0.1) is 23.6 Å². The summed E-state index contributed by atoms with van der Waals surface area (Å²) in [6.07, 6.45) is 0.0581. The topological polar surface area (TPSA) is 86.0 Å². The van der Waals surface area contributed by atoms with E-state index in [1.54, 1.807) is 32.2 Å². The summed E-state index contributed by atoms with van der Waals surface area (Å²) in [7, 11) is 0. The number of rotatable bonds is 6. The number of benzene rings is 3. The number of carboxylic acids is 1. The molecule has 0 saturated carbocycles. The first-order chi connectivity index (χ1) is 20.9. The zero-order valence-corrected chi connectivity index (χ0v) is 25.9. The van der Waals surface area contributed by atoms with E-state index in [4.69, 9.17) is 19.6 Å². The molecule has 3 heterocycles. The summed E-state index contributed by atoms with van der Waals surface area (Å²) in [4.78, 5) is 17.6. The SMILES string of the molecule is Cc1ccc(-c2cccc(-c3cc4nc(C)c([C@H](OC(C)(C)C)C(=O)O)c(-c5cc(F)c6c(c5C)CCCO6)n4n3)c2)cc1.